The third-order valence-electron chi connectivity index (χ3n) is 1.93. The average molecular weight is 245 g/mol. The molecule has 0 fully saturated rings. The van der Waals surface area contributed by atoms with Crippen molar-refractivity contribution < 1.29 is 14.7 Å². The summed E-state index contributed by atoms with van der Waals surface area (Å²) >= 11 is 0. The lowest BCUT2D eigenvalue weighted by atomic mass is 10.3. The van der Waals surface area contributed by atoms with Crippen LogP contribution in [0.3, 0.4) is 0 Å². The number of carboxylic acids is 1. The number of carboxylic acid groups (broad SMARTS) is 1. The van der Waals surface area contributed by atoms with E-state index in [1.807, 2.05) is 0 Å². The van der Waals surface area contributed by atoms with Crippen LogP contribution in [-0.4, -0.2) is 36.9 Å². The first-order valence-corrected chi connectivity index (χ1v) is 4.80. The fourth-order valence-electron chi connectivity index (χ4n) is 1.17. The summed E-state index contributed by atoms with van der Waals surface area (Å²) in [5.41, 5.74) is -0.283. The minimum absolute atomic E-state index is 0.0551. The van der Waals surface area contributed by atoms with Crippen LogP contribution in [0.1, 0.15) is 21.0 Å². The van der Waals surface area contributed by atoms with E-state index in [0.29, 0.717) is 0 Å². The molecule has 0 aliphatic carbocycles. The van der Waals surface area contributed by atoms with E-state index in [1.54, 1.807) is 0 Å². The molecule has 0 spiro atoms. The Morgan fingerprint density at radius 2 is 1.78 bits per heavy atom. The minimum Gasteiger partial charge on any atom is -0.476 e. The van der Waals surface area contributed by atoms with Gasteiger partial charge in [-0.2, -0.15) is 0 Å². The molecular formula is C10H7N5O3. The van der Waals surface area contributed by atoms with Gasteiger partial charge in [-0.3, -0.25) is 9.78 Å². The second-order valence-electron chi connectivity index (χ2n) is 3.10. The van der Waals surface area contributed by atoms with E-state index >= 15 is 0 Å². The molecule has 0 saturated heterocycles. The second-order valence-corrected chi connectivity index (χ2v) is 3.10. The first kappa shape index (κ1) is 11.6. The lowest BCUT2D eigenvalue weighted by Gasteiger charge is -2.05. The molecule has 0 aliphatic rings. The molecule has 0 bridgehead atoms. The smallest absolute Gasteiger partial charge is 0.358 e. The van der Waals surface area contributed by atoms with Crippen molar-refractivity contribution in [1.82, 2.24) is 19.9 Å². The maximum Gasteiger partial charge on any atom is 0.358 e. The van der Waals surface area contributed by atoms with Gasteiger partial charge in [-0.15, -0.1) is 0 Å². The van der Waals surface area contributed by atoms with Crippen LogP contribution in [0, 0.1) is 0 Å². The average Bonchev–Trinajstić information content (AvgIpc) is 2.40. The Morgan fingerprint density at radius 3 is 2.44 bits per heavy atom. The van der Waals surface area contributed by atoms with Gasteiger partial charge in [0, 0.05) is 24.8 Å². The van der Waals surface area contributed by atoms with Crippen molar-refractivity contribution >= 4 is 17.7 Å². The van der Waals surface area contributed by atoms with Crippen LogP contribution in [0.2, 0.25) is 0 Å². The number of nitrogens with zero attached hydrogens (tertiary/aromatic N) is 4. The van der Waals surface area contributed by atoms with Gasteiger partial charge in [-0.25, -0.2) is 19.7 Å². The highest BCUT2D eigenvalue weighted by molar-refractivity contribution is 6.05. The molecule has 2 aromatic heterocycles. The van der Waals surface area contributed by atoms with E-state index in [0.717, 1.165) is 0 Å². The molecule has 0 unspecified atom stereocenters. The number of carbonyl (C=O) groups excluding carboxylic acids is 1. The Morgan fingerprint density at radius 1 is 1.06 bits per heavy atom. The van der Waals surface area contributed by atoms with Gasteiger partial charge in [-0.1, -0.05) is 0 Å². The number of hydrogen-bond acceptors (Lipinski definition) is 6. The number of nitrogens with one attached hydrogen (secondary N) is 1. The van der Waals surface area contributed by atoms with Crippen LogP contribution >= 0.6 is 0 Å². The monoisotopic (exact) mass is 245 g/mol. The molecule has 0 radical (unpaired) electrons. The van der Waals surface area contributed by atoms with E-state index in [2.05, 4.69) is 25.3 Å². The van der Waals surface area contributed by atoms with Crippen molar-refractivity contribution in [2.45, 2.75) is 0 Å². The molecule has 0 aromatic carbocycles. The molecule has 8 heteroatoms. The summed E-state index contributed by atoms with van der Waals surface area (Å²) in [6, 6.07) is 0. The summed E-state index contributed by atoms with van der Waals surface area (Å²) in [5, 5.41) is 11.2. The van der Waals surface area contributed by atoms with Crippen LogP contribution in [0.5, 0.6) is 0 Å². The predicted octanol–water partition coefficient (Wildman–Crippen LogP) is 0.217. The zero-order valence-electron chi connectivity index (χ0n) is 8.94. The van der Waals surface area contributed by atoms with Gasteiger partial charge in [0.25, 0.3) is 5.91 Å². The van der Waals surface area contributed by atoms with Gasteiger partial charge >= 0.3 is 5.97 Å². The van der Waals surface area contributed by atoms with Gasteiger partial charge < -0.3 is 10.4 Å². The highest BCUT2D eigenvalue weighted by Gasteiger charge is 2.16. The normalized spacial score (nSPS) is 9.78. The summed E-state index contributed by atoms with van der Waals surface area (Å²) in [6.45, 7) is 0. The highest BCUT2D eigenvalue weighted by atomic mass is 16.4. The highest BCUT2D eigenvalue weighted by Crippen LogP contribution is 2.09. The van der Waals surface area contributed by atoms with Crippen LogP contribution in [-0.2, 0) is 0 Å². The fourth-order valence-corrected chi connectivity index (χ4v) is 1.17. The Hall–Kier alpha value is -2.90. The topological polar surface area (TPSA) is 118 Å². The van der Waals surface area contributed by atoms with Crippen LogP contribution in [0.25, 0.3) is 0 Å². The Labute approximate surface area is 101 Å². The number of anilines is 1. The van der Waals surface area contributed by atoms with Crippen molar-refractivity contribution in [3.63, 3.8) is 0 Å². The third kappa shape index (κ3) is 2.43. The van der Waals surface area contributed by atoms with Gasteiger partial charge in [0.2, 0.25) is 0 Å². The van der Waals surface area contributed by atoms with Gasteiger partial charge in [0.15, 0.2) is 11.5 Å². The minimum atomic E-state index is -1.28. The number of amides is 1. The quantitative estimate of drug-likeness (QED) is 0.793. The van der Waals surface area contributed by atoms with Crippen molar-refractivity contribution in [3.05, 3.63) is 42.4 Å². The van der Waals surface area contributed by atoms with Gasteiger partial charge in [0.05, 0.1) is 6.20 Å². The standard InChI is InChI=1S/C10H7N5O3/c16-9(6-5-11-1-2-12-6)15-8-7(10(17)18)13-3-4-14-8/h1-5H,(H,17,18)(H,14,15,16). The second kappa shape index (κ2) is 4.95. The molecular weight excluding hydrogens is 238 g/mol. The molecule has 8 nitrogen and oxygen atoms in total. The lowest BCUT2D eigenvalue weighted by Crippen LogP contribution is -2.18. The van der Waals surface area contributed by atoms with Crippen LogP contribution < -0.4 is 5.32 Å². The zero-order valence-corrected chi connectivity index (χ0v) is 8.94. The number of rotatable bonds is 3. The fraction of sp³-hybridized carbons (Fsp3) is 0. The molecule has 0 atom stereocenters. The molecule has 18 heavy (non-hydrogen) atoms. The molecule has 1 amide bonds. The zero-order chi connectivity index (χ0) is 13.0. The molecule has 2 N–H and O–H groups in total. The molecule has 90 valence electrons. The molecule has 2 aromatic rings. The number of aromatic carboxylic acids is 1. The number of hydrogen-bond donors (Lipinski definition) is 2. The third-order valence-corrected chi connectivity index (χ3v) is 1.93. The van der Waals surface area contributed by atoms with Crippen molar-refractivity contribution in [1.29, 1.82) is 0 Å². The molecule has 2 heterocycles. The van der Waals surface area contributed by atoms with E-state index in [-0.39, 0.29) is 17.2 Å². The summed E-state index contributed by atoms with van der Waals surface area (Å²) in [4.78, 5) is 37.4. The van der Waals surface area contributed by atoms with E-state index < -0.39 is 11.9 Å². The van der Waals surface area contributed by atoms with E-state index in [4.69, 9.17) is 5.11 Å². The number of aromatic nitrogens is 4. The molecule has 2 rings (SSSR count). The first-order chi connectivity index (χ1) is 8.68. The Balaban J connectivity index is 2.25. The predicted molar refractivity (Wildman–Crippen MR) is 59.0 cm³/mol. The van der Waals surface area contributed by atoms with Crippen LogP contribution in [0.15, 0.2) is 31.0 Å². The molecule has 0 saturated carbocycles. The summed E-state index contributed by atoms with van der Waals surface area (Å²) < 4.78 is 0. The Bertz CT molecular complexity index is 587. The first-order valence-electron chi connectivity index (χ1n) is 4.80. The summed E-state index contributed by atoms with van der Waals surface area (Å²) in [6.07, 6.45) is 6.53. The van der Waals surface area contributed by atoms with Crippen molar-refractivity contribution in [3.8, 4) is 0 Å². The molecule has 0 aliphatic heterocycles. The Kier molecular flexibility index (Phi) is 3.19. The van der Waals surface area contributed by atoms with E-state index in [1.165, 1.54) is 31.0 Å². The largest absolute Gasteiger partial charge is 0.476 e. The van der Waals surface area contributed by atoms with Gasteiger partial charge in [-0.05, 0) is 0 Å². The summed E-state index contributed by atoms with van der Waals surface area (Å²) in [5.74, 6) is -2.02. The van der Waals surface area contributed by atoms with E-state index in [9.17, 15) is 9.59 Å². The maximum atomic E-state index is 11.7. The SMILES string of the molecule is O=C(Nc1nccnc1C(=O)O)c1cnccn1. The van der Waals surface area contributed by atoms with Crippen molar-refractivity contribution in [2.75, 3.05) is 5.32 Å². The van der Waals surface area contributed by atoms with Crippen molar-refractivity contribution in [2.24, 2.45) is 0 Å². The summed E-state index contributed by atoms with van der Waals surface area (Å²) in [7, 11) is 0. The van der Waals surface area contributed by atoms with Crippen LogP contribution in [0.4, 0.5) is 5.82 Å². The lowest BCUT2D eigenvalue weighted by molar-refractivity contribution is 0.0691. The number of carbonyl (C=O) groups is 2. The maximum absolute atomic E-state index is 11.7. The van der Waals surface area contributed by atoms with Gasteiger partial charge in [0.1, 0.15) is 5.69 Å².